The molecule has 43 heavy (non-hydrogen) atoms. The van der Waals surface area contributed by atoms with Crippen molar-refractivity contribution in [2.24, 2.45) is 10.7 Å². The van der Waals surface area contributed by atoms with E-state index in [-0.39, 0.29) is 33.6 Å². The van der Waals surface area contributed by atoms with Crippen molar-refractivity contribution in [1.82, 2.24) is 19.8 Å². The molecule has 0 amide bonds. The molecule has 1 aliphatic carbocycles. The summed E-state index contributed by atoms with van der Waals surface area (Å²) in [6.45, 7) is 9.61. The number of piperidine rings is 1. The van der Waals surface area contributed by atoms with Crippen LogP contribution >= 0.6 is 11.6 Å². The number of hydrogen-bond donors (Lipinski definition) is 3. The summed E-state index contributed by atoms with van der Waals surface area (Å²) in [5.74, 6) is 1.71. The van der Waals surface area contributed by atoms with Gasteiger partial charge in [0.25, 0.3) is 0 Å². The highest BCUT2D eigenvalue weighted by Crippen LogP contribution is 2.40. The number of likely N-dealkylation sites (tertiary alicyclic amines) is 1. The lowest BCUT2D eigenvalue weighted by molar-refractivity contribution is 0.193. The number of halogens is 1. The number of likely N-dealkylation sites (N-methyl/N-ethyl adjacent to an activating group) is 1. The van der Waals surface area contributed by atoms with E-state index < -0.39 is 15.1 Å². The van der Waals surface area contributed by atoms with Crippen LogP contribution in [-0.2, 0) is 9.84 Å². The maximum Gasteiger partial charge on any atom is 0.229 e. The van der Waals surface area contributed by atoms with Crippen molar-refractivity contribution in [3.63, 3.8) is 0 Å². The van der Waals surface area contributed by atoms with Crippen LogP contribution in [0.4, 0.5) is 17.5 Å². The second-order valence-electron chi connectivity index (χ2n) is 11.8. The third-order valence-corrected chi connectivity index (χ3v) is 10.1. The first kappa shape index (κ1) is 33.0. The predicted molar refractivity (Wildman–Crippen MR) is 175 cm³/mol. The molecule has 2 aliphatic rings. The smallest absolute Gasteiger partial charge is 0.229 e. The number of aliphatic imine (C=N–C) groups is 1. The van der Waals surface area contributed by atoms with Crippen LogP contribution in [0.25, 0.3) is 0 Å². The number of nitrogens with zero attached hydrogens (tertiary/aromatic N) is 5. The van der Waals surface area contributed by atoms with Crippen molar-refractivity contribution in [1.29, 1.82) is 0 Å². The topological polar surface area (TPSA) is 138 Å². The molecule has 1 aliphatic heterocycles. The van der Waals surface area contributed by atoms with Gasteiger partial charge < -0.3 is 30.9 Å². The van der Waals surface area contributed by atoms with Gasteiger partial charge in [0.15, 0.2) is 20.7 Å². The van der Waals surface area contributed by atoms with Crippen LogP contribution in [0.2, 0.25) is 5.02 Å². The molecule has 1 saturated heterocycles. The van der Waals surface area contributed by atoms with E-state index in [9.17, 15) is 8.42 Å². The van der Waals surface area contributed by atoms with Gasteiger partial charge >= 0.3 is 0 Å². The summed E-state index contributed by atoms with van der Waals surface area (Å²) in [6, 6.07) is 4.28. The lowest BCUT2D eigenvalue weighted by Gasteiger charge is -2.33. The largest absolute Gasteiger partial charge is 0.488 e. The molecule has 4 rings (SSSR count). The van der Waals surface area contributed by atoms with Gasteiger partial charge in [0.05, 0.1) is 28.9 Å². The molecule has 2 heterocycles. The number of anilines is 3. The first-order valence-electron chi connectivity index (χ1n) is 14.8. The molecule has 1 saturated carbocycles. The minimum absolute atomic E-state index is 0.0773. The Morgan fingerprint density at radius 1 is 1.26 bits per heavy atom. The number of sulfone groups is 1. The van der Waals surface area contributed by atoms with Crippen molar-refractivity contribution in [2.75, 3.05) is 58.0 Å². The fourth-order valence-electron chi connectivity index (χ4n) is 4.97. The first-order chi connectivity index (χ1) is 20.4. The second-order valence-corrected chi connectivity index (χ2v) is 14.7. The molecule has 0 radical (unpaired) electrons. The number of aromatic nitrogens is 2. The van der Waals surface area contributed by atoms with Gasteiger partial charge in [-0.15, -0.1) is 0 Å². The highest BCUT2D eigenvalue weighted by atomic mass is 35.5. The standard InChI is InChI=1S/C30H45ClN8O3S/c1-19(2)43(40,41)28(32)26(18-33-4)35-29-24(31)17-34-30(37-29)36-25-15-20(3)23(16-27(25)42-22-7-8-22)21-9-11-39(12-10-21)14-13-38(5)6/h15-19,21-22H,7-14,32H2,1-6H3,(H2,34,35,36,37). The van der Waals surface area contributed by atoms with Crippen LogP contribution in [0.1, 0.15) is 56.6 Å². The molecule has 1 aromatic carbocycles. The second kappa shape index (κ2) is 14.2. The number of aryl methyl sites for hydroxylation is 1. The van der Waals surface area contributed by atoms with Crippen LogP contribution in [0.5, 0.6) is 5.75 Å². The number of benzene rings is 1. The highest BCUT2D eigenvalue weighted by Gasteiger charge is 2.28. The van der Waals surface area contributed by atoms with Crippen molar-refractivity contribution < 1.29 is 13.2 Å². The Morgan fingerprint density at radius 2 is 1.95 bits per heavy atom. The van der Waals surface area contributed by atoms with Crippen LogP contribution in [0.3, 0.4) is 0 Å². The SMILES string of the molecule is CN=CC(Nc1nc(Nc2cc(C)c(C3CCN(CCN(C)C)CC3)cc2OC2CC2)ncc1Cl)=C(N)S(=O)(=O)C(C)C. The Balaban J connectivity index is 1.58. The van der Waals surface area contributed by atoms with Crippen LogP contribution in [0.15, 0.2) is 34.0 Å². The number of nitrogens with one attached hydrogen (secondary N) is 2. The van der Waals surface area contributed by atoms with E-state index in [4.69, 9.17) is 22.1 Å². The summed E-state index contributed by atoms with van der Waals surface area (Å²) in [5.41, 5.74) is 9.40. The van der Waals surface area contributed by atoms with Gasteiger partial charge in [-0.3, -0.25) is 4.99 Å². The number of nitrogens with two attached hydrogens (primary N) is 1. The normalized spacial score (nSPS) is 17.5. The van der Waals surface area contributed by atoms with Crippen LogP contribution in [0, 0.1) is 6.92 Å². The molecule has 0 unspecified atom stereocenters. The van der Waals surface area contributed by atoms with Gasteiger partial charge in [0, 0.05) is 26.4 Å². The van der Waals surface area contributed by atoms with E-state index in [1.165, 1.54) is 30.6 Å². The van der Waals surface area contributed by atoms with Gasteiger partial charge in [-0.2, -0.15) is 4.98 Å². The molecule has 0 atom stereocenters. The van der Waals surface area contributed by atoms with Crippen LogP contribution < -0.4 is 21.1 Å². The maximum atomic E-state index is 12.7. The predicted octanol–water partition coefficient (Wildman–Crippen LogP) is 4.53. The van der Waals surface area contributed by atoms with E-state index in [0.29, 0.717) is 5.92 Å². The quantitative estimate of drug-likeness (QED) is 0.270. The lowest BCUT2D eigenvalue weighted by Crippen LogP contribution is -2.37. The Kier molecular flexibility index (Phi) is 10.9. The molecule has 13 heteroatoms. The molecule has 1 aromatic heterocycles. The number of rotatable bonds is 13. The Morgan fingerprint density at radius 3 is 2.56 bits per heavy atom. The third kappa shape index (κ3) is 8.59. The van der Waals surface area contributed by atoms with Crippen molar-refractivity contribution in [3.8, 4) is 5.75 Å². The van der Waals surface area contributed by atoms with E-state index in [1.54, 1.807) is 13.8 Å². The van der Waals surface area contributed by atoms with E-state index in [2.05, 4.69) is 68.5 Å². The van der Waals surface area contributed by atoms with E-state index in [1.807, 2.05) is 0 Å². The van der Waals surface area contributed by atoms with Gasteiger partial charge in [-0.1, -0.05) is 11.6 Å². The lowest BCUT2D eigenvalue weighted by atomic mass is 9.86. The minimum atomic E-state index is -3.75. The summed E-state index contributed by atoms with van der Waals surface area (Å²) in [7, 11) is 2.01. The van der Waals surface area contributed by atoms with Gasteiger partial charge in [-0.05, 0) is 103 Å². The fourth-order valence-corrected chi connectivity index (χ4v) is 6.03. The van der Waals surface area contributed by atoms with Crippen LogP contribution in [-0.4, -0.2) is 93.1 Å². The summed E-state index contributed by atoms with van der Waals surface area (Å²) < 4.78 is 31.8. The zero-order valence-electron chi connectivity index (χ0n) is 26.0. The number of hydrogen-bond acceptors (Lipinski definition) is 11. The third-order valence-electron chi connectivity index (χ3n) is 7.77. The average molecular weight is 633 g/mol. The molecular formula is C30H45ClN8O3S. The molecule has 236 valence electrons. The zero-order valence-corrected chi connectivity index (χ0v) is 27.6. The van der Waals surface area contributed by atoms with Crippen molar-refractivity contribution in [3.05, 3.63) is 45.2 Å². The number of allylic oxidation sites excluding steroid dienone is 1. The minimum Gasteiger partial charge on any atom is -0.488 e. The van der Waals surface area contributed by atoms with Crippen molar-refractivity contribution >= 4 is 45.1 Å². The van der Waals surface area contributed by atoms with Gasteiger partial charge in [0.2, 0.25) is 5.95 Å². The van der Waals surface area contributed by atoms with Crippen molar-refractivity contribution in [2.45, 2.75) is 63.7 Å². The Bertz CT molecular complexity index is 1450. The fraction of sp³-hybridized carbons (Fsp3) is 0.567. The van der Waals surface area contributed by atoms with E-state index in [0.717, 1.165) is 63.3 Å². The maximum absolute atomic E-state index is 12.7. The number of ether oxygens (including phenoxy) is 1. The molecule has 11 nitrogen and oxygen atoms in total. The zero-order chi connectivity index (χ0) is 31.3. The summed E-state index contributed by atoms with van der Waals surface area (Å²) in [5, 5.41) is 5.39. The molecule has 2 fully saturated rings. The molecule has 4 N–H and O–H groups in total. The molecular weight excluding hydrogens is 588 g/mol. The molecule has 2 aromatic rings. The summed E-state index contributed by atoms with van der Waals surface area (Å²) in [4.78, 5) is 17.6. The van der Waals surface area contributed by atoms with Gasteiger partial charge in [0.1, 0.15) is 10.8 Å². The molecule has 0 spiro atoms. The summed E-state index contributed by atoms with van der Waals surface area (Å²) >= 11 is 6.41. The average Bonchev–Trinajstić information content (AvgIpc) is 3.78. The summed E-state index contributed by atoms with van der Waals surface area (Å²) in [6.07, 6.45) is 7.29. The Hall–Kier alpha value is -2.93. The van der Waals surface area contributed by atoms with E-state index >= 15 is 0 Å². The highest BCUT2D eigenvalue weighted by molar-refractivity contribution is 7.95. The Labute approximate surface area is 260 Å². The van der Waals surface area contributed by atoms with Gasteiger partial charge in [-0.25, -0.2) is 13.4 Å². The molecule has 0 bridgehead atoms. The first-order valence-corrected chi connectivity index (χ1v) is 16.7. The monoisotopic (exact) mass is 632 g/mol.